The van der Waals surface area contributed by atoms with Gasteiger partial charge in [-0.15, -0.1) is 0 Å². The van der Waals surface area contributed by atoms with E-state index in [2.05, 4.69) is 6.07 Å². The van der Waals surface area contributed by atoms with Gasteiger partial charge in [0.25, 0.3) is 0 Å². The van der Waals surface area contributed by atoms with Crippen molar-refractivity contribution in [2.75, 3.05) is 12.9 Å². The molecule has 9 heteroatoms. The van der Waals surface area contributed by atoms with Gasteiger partial charge in [-0.1, -0.05) is 36.7 Å². The van der Waals surface area contributed by atoms with Crippen LogP contribution in [0, 0.1) is 28.5 Å². The van der Waals surface area contributed by atoms with Gasteiger partial charge in [0.1, 0.15) is 34.3 Å². The Kier molecular flexibility index (Phi) is 7.92. The van der Waals surface area contributed by atoms with E-state index in [0.29, 0.717) is 16.2 Å². The maximum Gasteiger partial charge on any atom is 0.338 e. The Labute approximate surface area is 213 Å². The number of rotatable bonds is 5. The third-order valence-corrected chi connectivity index (χ3v) is 7.32. The highest BCUT2D eigenvalue weighted by molar-refractivity contribution is 7.99. The Morgan fingerprint density at radius 2 is 1.92 bits per heavy atom. The summed E-state index contributed by atoms with van der Waals surface area (Å²) in [5.74, 6) is -1.83. The number of pyridine rings is 1. The van der Waals surface area contributed by atoms with E-state index in [0.717, 1.165) is 43.4 Å². The number of halogens is 1. The van der Waals surface area contributed by atoms with Gasteiger partial charge < -0.3 is 15.2 Å². The topological polar surface area (TPSA) is 122 Å². The van der Waals surface area contributed by atoms with Crippen LogP contribution in [0.1, 0.15) is 54.0 Å². The van der Waals surface area contributed by atoms with Gasteiger partial charge in [-0.05, 0) is 55.0 Å². The Balaban J connectivity index is 1.73. The lowest BCUT2D eigenvalue weighted by Gasteiger charge is -2.28. The van der Waals surface area contributed by atoms with Gasteiger partial charge in [-0.3, -0.25) is 0 Å². The molecule has 2 aliphatic rings. The summed E-state index contributed by atoms with van der Waals surface area (Å²) in [5, 5.41) is 20.1. The van der Waals surface area contributed by atoms with E-state index >= 15 is 0 Å². The van der Waals surface area contributed by atoms with Crippen molar-refractivity contribution in [2.45, 2.75) is 49.5 Å². The van der Waals surface area contributed by atoms with E-state index in [-0.39, 0.29) is 28.5 Å². The molecule has 0 fully saturated rings. The molecule has 0 saturated carbocycles. The molecule has 2 heterocycles. The lowest BCUT2D eigenvalue weighted by molar-refractivity contribution is -0.136. The fourth-order valence-electron chi connectivity index (χ4n) is 4.54. The van der Waals surface area contributed by atoms with E-state index < -0.39 is 17.7 Å². The summed E-state index contributed by atoms with van der Waals surface area (Å²) in [6, 6.07) is 11.7. The molecular weight excluding hydrogens is 479 g/mol. The number of nitrogens with two attached hydrogens (primary N) is 1. The molecule has 4 rings (SSSR count). The fraction of sp³-hybridized carbons (Fsp3) is 0.333. The first kappa shape index (κ1) is 25.3. The van der Waals surface area contributed by atoms with Crippen molar-refractivity contribution in [3.05, 3.63) is 81.3 Å². The van der Waals surface area contributed by atoms with E-state index in [1.165, 1.54) is 49.6 Å². The van der Waals surface area contributed by atoms with Gasteiger partial charge in [0, 0.05) is 5.69 Å². The standard InChI is InChI=1S/C27H25FN4O3S/c1-34-27(33)24-22(35-25(31)20(14-30)23(24)16-8-10-19(28)11-9-16)15-36-26-18(13-29)12-17-6-4-2-3-5-7-21(17)32-26/h8-12,23H,2-7,15,31H2,1H3/t23-/m0/s1. The fourth-order valence-corrected chi connectivity index (χ4v) is 5.46. The second-order valence-corrected chi connectivity index (χ2v) is 9.53. The average Bonchev–Trinajstić information content (AvgIpc) is 2.87. The zero-order valence-corrected chi connectivity index (χ0v) is 20.7. The predicted molar refractivity (Wildman–Crippen MR) is 132 cm³/mol. The number of fused-ring (bicyclic) bond motifs is 1. The van der Waals surface area contributed by atoms with Crippen LogP contribution >= 0.6 is 11.8 Å². The van der Waals surface area contributed by atoms with E-state index in [1.54, 1.807) is 0 Å². The number of carbonyl (C=O) groups excluding carboxylic acids is 1. The molecule has 1 aromatic carbocycles. The minimum absolute atomic E-state index is 0.0349. The number of methoxy groups -OCH3 is 1. The normalized spacial score (nSPS) is 17.7. The van der Waals surface area contributed by atoms with Crippen LogP contribution in [0.4, 0.5) is 4.39 Å². The molecule has 2 N–H and O–H groups in total. The predicted octanol–water partition coefficient (Wildman–Crippen LogP) is 4.78. The second-order valence-electron chi connectivity index (χ2n) is 8.57. The van der Waals surface area contributed by atoms with E-state index in [9.17, 15) is 19.7 Å². The van der Waals surface area contributed by atoms with Crippen LogP contribution in [0.3, 0.4) is 0 Å². The number of esters is 1. The molecule has 1 atom stereocenters. The summed E-state index contributed by atoms with van der Waals surface area (Å²) < 4.78 is 24.4. The summed E-state index contributed by atoms with van der Waals surface area (Å²) in [6.45, 7) is 0. The van der Waals surface area contributed by atoms with Crippen LogP contribution in [-0.4, -0.2) is 23.8 Å². The van der Waals surface area contributed by atoms with Crippen LogP contribution in [-0.2, 0) is 27.1 Å². The number of nitrogens with zero attached hydrogens (tertiary/aromatic N) is 3. The van der Waals surface area contributed by atoms with Crippen molar-refractivity contribution in [3.8, 4) is 12.1 Å². The Morgan fingerprint density at radius 1 is 1.19 bits per heavy atom. The number of hydrogen-bond acceptors (Lipinski definition) is 8. The lowest BCUT2D eigenvalue weighted by atomic mass is 9.83. The highest BCUT2D eigenvalue weighted by Gasteiger charge is 2.37. The molecular formula is C27H25FN4O3S. The van der Waals surface area contributed by atoms with Crippen molar-refractivity contribution in [1.82, 2.24) is 4.98 Å². The SMILES string of the molecule is COC(=O)C1=C(CSc2nc3c(cc2C#N)CCCCCC3)OC(N)=C(C#N)[C@@H]1c1ccc(F)cc1. The second kappa shape index (κ2) is 11.3. The first-order valence-electron chi connectivity index (χ1n) is 11.7. The molecule has 0 unspecified atom stereocenters. The first-order valence-corrected chi connectivity index (χ1v) is 12.7. The van der Waals surface area contributed by atoms with Gasteiger partial charge >= 0.3 is 5.97 Å². The summed E-state index contributed by atoms with van der Waals surface area (Å²) in [4.78, 5) is 17.7. The van der Waals surface area contributed by atoms with Gasteiger partial charge in [0.05, 0.1) is 29.9 Å². The van der Waals surface area contributed by atoms with Crippen molar-refractivity contribution in [3.63, 3.8) is 0 Å². The molecule has 1 aliphatic carbocycles. The number of aromatic nitrogens is 1. The number of benzene rings is 1. The molecule has 0 spiro atoms. The molecule has 0 bridgehead atoms. The number of ether oxygens (including phenoxy) is 2. The monoisotopic (exact) mass is 504 g/mol. The minimum atomic E-state index is -0.883. The van der Waals surface area contributed by atoms with Crippen LogP contribution in [0.25, 0.3) is 0 Å². The number of thioether (sulfide) groups is 1. The zero-order chi connectivity index (χ0) is 25.7. The van der Waals surface area contributed by atoms with Crippen molar-refractivity contribution < 1.29 is 18.7 Å². The smallest absolute Gasteiger partial charge is 0.338 e. The molecule has 1 aromatic heterocycles. The summed E-state index contributed by atoms with van der Waals surface area (Å²) in [6.07, 6.45) is 6.22. The largest absolute Gasteiger partial charge is 0.466 e. The van der Waals surface area contributed by atoms with Gasteiger partial charge in [-0.25, -0.2) is 14.2 Å². The molecule has 0 saturated heterocycles. The van der Waals surface area contributed by atoms with Crippen LogP contribution in [0.5, 0.6) is 0 Å². The molecule has 0 radical (unpaired) electrons. The van der Waals surface area contributed by atoms with Gasteiger partial charge in [0.15, 0.2) is 0 Å². The van der Waals surface area contributed by atoms with Crippen LogP contribution in [0.15, 0.2) is 58.1 Å². The average molecular weight is 505 g/mol. The summed E-state index contributed by atoms with van der Waals surface area (Å²) in [7, 11) is 1.24. The number of aryl methyl sites for hydroxylation is 2. The van der Waals surface area contributed by atoms with Crippen LogP contribution in [0.2, 0.25) is 0 Å². The summed E-state index contributed by atoms with van der Waals surface area (Å²) >= 11 is 1.26. The maximum atomic E-state index is 13.6. The number of carbonyl (C=O) groups is 1. The molecule has 2 aromatic rings. The Hall–Kier alpha value is -3.82. The zero-order valence-electron chi connectivity index (χ0n) is 19.8. The van der Waals surface area contributed by atoms with E-state index in [4.69, 9.17) is 20.2 Å². The highest BCUT2D eigenvalue weighted by atomic mass is 32.2. The Morgan fingerprint density at radius 3 is 2.58 bits per heavy atom. The third-order valence-electron chi connectivity index (χ3n) is 6.33. The lowest BCUT2D eigenvalue weighted by Crippen LogP contribution is -2.26. The molecule has 1 aliphatic heterocycles. The quantitative estimate of drug-likeness (QED) is 0.456. The van der Waals surface area contributed by atoms with Crippen LogP contribution < -0.4 is 5.73 Å². The van der Waals surface area contributed by atoms with Gasteiger partial charge in [-0.2, -0.15) is 10.5 Å². The highest BCUT2D eigenvalue weighted by Crippen LogP contribution is 2.41. The number of allylic oxidation sites excluding steroid dienone is 1. The van der Waals surface area contributed by atoms with E-state index in [1.807, 2.05) is 12.1 Å². The first-order chi connectivity index (χ1) is 17.5. The third kappa shape index (κ3) is 5.22. The van der Waals surface area contributed by atoms with Gasteiger partial charge in [0.2, 0.25) is 5.88 Å². The van der Waals surface area contributed by atoms with Crippen molar-refractivity contribution in [1.29, 1.82) is 10.5 Å². The van der Waals surface area contributed by atoms with Crippen molar-refractivity contribution in [2.24, 2.45) is 5.73 Å². The minimum Gasteiger partial charge on any atom is -0.466 e. The number of nitriles is 2. The summed E-state index contributed by atoms with van der Waals surface area (Å²) in [5.41, 5.74) is 9.30. The number of hydrogen-bond donors (Lipinski definition) is 1. The van der Waals surface area contributed by atoms with Crippen molar-refractivity contribution >= 4 is 17.7 Å². The molecule has 7 nitrogen and oxygen atoms in total. The molecule has 184 valence electrons. The molecule has 0 amide bonds. The Bertz CT molecular complexity index is 1320. The maximum absolute atomic E-state index is 13.6. The molecule has 36 heavy (non-hydrogen) atoms.